The molecule has 5 nitrogen and oxygen atoms in total. The molecular weight excluding hydrogens is 467 g/mol. The summed E-state index contributed by atoms with van der Waals surface area (Å²) in [6.07, 6.45) is 0. The van der Waals surface area contributed by atoms with Crippen LogP contribution in [-0.4, -0.2) is 17.5 Å². The van der Waals surface area contributed by atoms with Crippen LogP contribution in [0.5, 0.6) is 5.75 Å². The Morgan fingerprint density at radius 2 is 1.93 bits per heavy atom. The minimum atomic E-state index is -0.191. The standard InChI is InChI=1S/C22H17IN2O3/c1-2-27-18-9-6-14(7-10-18)21(26)24-17-8-11-20-19(13-17)25-22(28-20)15-4-3-5-16(23)12-15/h3-13H,2H2,1H3,(H,24,26). The van der Waals surface area contributed by atoms with Crippen LogP contribution < -0.4 is 10.1 Å². The van der Waals surface area contributed by atoms with Gasteiger partial charge in [-0.15, -0.1) is 0 Å². The molecule has 1 heterocycles. The lowest BCUT2D eigenvalue weighted by molar-refractivity contribution is 0.102. The molecule has 6 heteroatoms. The highest BCUT2D eigenvalue weighted by molar-refractivity contribution is 14.1. The molecule has 0 saturated heterocycles. The molecule has 1 aromatic heterocycles. The summed E-state index contributed by atoms with van der Waals surface area (Å²) < 4.78 is 12.4. The Morgan fingerprint density at radius 1 is 1.11 bits per heavy atom. The Labute approximate surface area is 175 Å². The van der Waals surface area contributed by atoms with Gasteiger partial charge < -0.3 is 14.5 Å². The largest absolute Gasteiger partial charge is 0.494 e. The molecule has 1 amide bonds. The molecule has 0 bridgehead atoms. The number of halogens is 1. The van der Waals surface area contributed by atoms with Crippen LogP contribution in [-0.2, 0) is 0 Å². The van der Waals surface area contributed by atoms with E-state index in [1.165, 1.54) is 0 Å². The summed E-state index contributed by atoms with van der Waals surface area (Å²) >= 11 is 2.26. The first-order chi connectivity index (χ1) is 13.6. The average molecular weight is 484 g/mol. The normalized spacial score (nSPS) is 10.8. The second kappa shape index (κ2) is 8.02. The molecule has 0 aliphatic carbocycles. The number of aromatic nitrogens is 1. The molecule has 28 heavy (non-hydrogen) atoms. The number of carbonyl (C=O) groups excluding carboxylic acids is 1. The fourth-order valence-corrected chi connectivity index (χ4v) is 3.37. The van der Waals surface area contributed by atoms with Crippen molar-refractivity contribution in [3.8, 4) is 17.2 Å². The Bertz CT molecular complexity index is 1140. The molecule has 0 unspecified atom stereocenters. The molecule has 1 N–H and O–H groups in total. The second-order valence-electron chi connectivity index (χ2n) is 6.12. The number of ether oxygens (including phenoxy) is 1. The maximum absolute atomic E-state index is 12.5. The van der Waals surface area contributed by atoms with Gasteiger partial charge in [0.2, 0.25) is 5.89 Å². The van der Waals surface area contributed by atoms with Crippen LogP contribution in [0, 0.1) is 3.57 Å². The van der Waals surface area contributed by atoms with Gasteiger partial charge in [-0.3, -0.25) is 4.79 Å². The predicted octanol–water partition coefficient (Wildman–Crippen LogP) is 5.75. The van der Waals surface area contributed by atoms with E-state index >= 15 is 0 Å². The monoisotopic (exact) mass is 484 g/mol. The summed E-state index contributed by atoms with van der Waals surface area (Å²) in [6, 6.07) is 20.4. The van der Waals surface area contributed by atoms with E-state index in [1.54, 1.807) is 30.3 Å². The zero-order valence-corrected chi connectivity index (χ0v) is 17.3. The minimum absolute atomic E-state index is 0.191. The molecular formula is C22H17IN2O3. The number of oxazole rings is 1. The van der Waals surface area contributed by atoms with Gasteiger partial charge in [-0.05, 0) is 90.2 Å². The van der Waals surface area contributed by atoms with E-state index in [0.717, 1.165) is 14.9 Å². The maximum atomic E-state index is 12.5. The summed E-state index contributed by atoms with van der Waals surface area (Å²) in [6.45, 7) is 2.51. The fourth-order valence-electron chi connectivity index (χ4n) is 2.82. The first kappa shape index (κ1) is 18.5. The molecule has 4 rings (SSSR count). The zero-order chi connectivity index (χ0) is 19.5. The number of nitrogens with one attached hydrogen (secondary N) is 1. The number of nitrogens with zero attached hydrogens (tertiary/aromatic N) is 1. The van der Waals surface area contributed by atoms with Crippen LogP contribution in [0.15, 0.2) is 71.1 Å². The SMILES string of the molecule is CCOc1ccc(C(=O)Nc2ccc3oc(-c4cccc(I)c4)nc3c2)cc1. The highest BCUT2D eigenvalue weighted by Gasteiger charge is 2.11. The van der Waals surface area contributed by atoms with E-state index in [-0.39, 0.29) is 5.91 Å². The van der Waals surface area contributed by atoms with Gasteiger partial charge >= 0.3 is 0 Å². The van der Waals surface area contributed by atoms with Gasteiger partial charge in [-0.25, -0.2) is 4.98 Å². The minimum Gasteiger partial charge on any atom is -0.494 e. The lowest BCUT2D eigenvalue weighted by Crippen LogP contribution is -2.11. The third-order valence-electron chi connectivity index (χ3n) is 4.14. The number of carbonyl (C=O) groups is 1. The fraction of sp³-hybridized carbons (Fsp3) is 0.0909. The highest BCUT2D eigenvalue weighted by Crippen LogP contribution is 2.27. The molecule has 4 aromatic rings. The van der Waals surface area contributed by atoms with Crippen molar-refractivity contribution in [2.75, 3.05) is 11.9 Å². The summed E-state index contributed by atoms with van der Waals surface area (Å²) in [5, 5.41) is 2.90. The summed E-state index contributed by atoms with van der Waals surface area (Å²) in [7, 11) is 0. The van der Waals surface area contributed by atoms with Crippen LogP contribution in [0.2, 0.25) is 0 Å². The van der Waals surface area contributed by atoms with Crippen LogP contribution in [0.3, 0.4) is 0 Å². The predicted molar refractivity (Wildman–Crippen MR) is 118 cm³/mol. The van der Waals surface area contributed by atoms with E-state index in [0.29, 0.717) is 34.8 Å². The number of benzene rings is 3. The molecule has 0 fully saturated rings. The number of fused-ring (bicyclic) bond motifs is 1. The van der Waals surface area contributed by atoms with Gasteiger partial charge in [0, 0.05) is 20.4 Å². The smallest absolute Gasteiger partial charge is 0.255 e. The van der Waals surface area contributed by atoms with Crippen LogP contribution in [0.1, 0.15) is 17.3 Å². The third-order valence-corrected chi connectivity index (χ3v) is 4.82. The highest BCUT2D eigenvalue weighted by atomic mass is 127. The topological polar surface area (TPSA) is 64.4 Å². The lowest BCUT2D eigenvalue weighted by atomic mass is 10.2. The van der Waals surface area contributed by atoms with E-state index in [2.05, 4.69) is 32.9 Å². The van der Waals surface area contributed by atoms with Crippen molar-refractivity contribution in [1.82, 2.24) is 4.98 Å². The number of anilines is 1. The molecule has 0 radical (unpaired) electrons. The van der Waals surface area contributed by atoms with Crippen molar-refractivity contribution >= 4 is 45.3 Å². The molecule has 0 aliphatic rings. The van der Waals surface area contributed by atoms with Crippen molar-refractivity contribution in [3.63, 3.8) is 0 Å². The van der Waals surface area contributed by atoms with Gasteiger partial charge in [-0.1, -0.05) is 6.07 Å². The summed E-state index contributed by atoms with van der Waals surface area (Å²) in [5.41, 5.74) is 3.51. The third kappa shape index (κ3) is 4.01. The van der Waals surface area contributed by atoms with Crippen molar-refractivity contribution in [3.05, 3.63) is 75.9 Å². The second-order valence-corrected chi connectivity index (χ2v) is 7.37. The molecule has 0 aliphatic heterocycles. The van der Waals surface area contributed by atoms with Gasteiger partial charge in [0.15, 0.2) is 5.58 Å². The quantitative estimate of drug-likeness (QED) is 0.367. The van der Waals surface area contributed by atoms with Gasteiger partial charge in [0.1, 0.15) is 11.3 Å². The van der Waals surface area contributed by atoms with Crippen LogP contribution in [0.4, 0.5) is 5.69 Å². The van der Waals surface area contributed by atoms with E-state index < -0.39 is 0 Å². The van der Waals surface area contributed by atoms with E-state index in [4.69, 9.17) is 9.15 Å². The number of amides is 1. The summed E-state index contributed by atoms with van der Waals surface area (Å²) in [4.78, 5) is 17.0. The molecule has 3 aromatic carbocycles. The first-order valence-electron chi connectivity index (χ1n) is 8.83. The van der Waals surface area contributed by atoms with Crippen molar-refractivity contribution in [2.45, 2.75) is 6.92 Å². The number of hydrogen-bond acceptors (Lipinski definition) is 4. The maximum Gasteiger partial charge on any atom is 0.255 e. The van der Waals surface area contributed by atoms with Gasteiger partial charge in [0.05, 0.1) is 6.61 Å². The Balaban J connectivity index is 1.55. The van der Waals surface area contributed by atoms with Crippen molar-refractivity contribution < 1.29 is 13.9 Å². The number of hydrogen-bond donors (Lipinski definition) is 1. The van der Waals surface area contributed by atoms with E-state index in [9.17, 15) is 4.79 Å². The van der Waals surface area contributed by atoms with Crippen LogP contribution in [0.25, 0.3) is 22.6 Å². The molecule has 0 saturated carbocycles. The van der Waals surface area contributed by atoms with Crippen molar-refractivity contribution in [1.29, 1.82) is 0 Å². The number of rotatable bonds is 5. The lowest BCUT2D eigenvalue weighted by Gasteiger charge is -2.06. The van der Waals surface area contributed by atoms with Gasteiger partial charge in [0.25, 0.3) is 5.91 Å². The van der Waals surface area contributed by atoms with Gasteiger partial charge in [-0.2, -0.15) is 0 Å². The zero-order valence-electron chi connectivity index (χ0n) is 15.1. The van der Waals surface area contributed by atoms with E-state index in [1.807, 2.05) is 43.3 Å². The molecule has 0 atom stereocenters. The van der Waals surface area contributed by atoms with Crippen LogP contribution >= 0.6 is 22.6 Å². The summed E-state index contributed by atoms with van der Waals surface area (Å²) in [5.74, 6) is 1.11. The Hall–Kier alpha value is -2.87. The Morgan fingerprint density at radius 3 is 2.68 bits per heavy atom. The molecule has 140 valence electrons. The average Bonchev–Trinajstić information content (AvgIpc) is 3.12. The van der Waals surface area contributed by atoms with Crippen molar-refractivity contribution in [2.24, 2.45) is 0 Å². The molecule has 0 spiro atoms. The Kier molecular flexibility index (Phi) is 5.29. The first-order valence-corrected chi connectivity index (χ1v) is 9.91.